The van der Waals surface area contributed by atoms with Crippen LogP contribution in [0.4, 0.5) is 0 Å². The molecule has 7 heteroatoms. The molecule has 0 bridgehead atoms. The van der Waals surface area contributed by atoms with Crippen LogP contribution in [0.3, 0.4) is 0 Å². The number of nitrogens with two attached hydrogens (primary N) is 1. The van der Waals surface area contributed by atoms with Crippen molar-refractivity contribution in [3.8, 4) is 0 Å². The van der Waals surface area contributed by atoms with Gasteiger partial charge >= 0.3 is 0 Å². The van der Waals surface area contributed by atoms with Crippen LogP contribution in [0, 0.1) is 5.41 Å². The molecular weight excluding hydrogens is 276 g/mol. The lowest BCUT2D eigenvalue weighted by Gasteiger charge is -2.26. The average Bonchev–Trinajstić information content (AvgIpc) is 3.14. The van der Waals surface area contributed by atoms with Gasteiger partial charge in [0.15, 0.2) is 5.84 Å². The molecule has 1 aliphatic rings. The standard InChI is InChI=1S/C13H20N4O2S/c1-9(10-15-6-7-20-10)8-16-12(18)13(11(14)17-19)4-2-3-5-13/h6-7,9,19H,2-5,8H2,1H3,(H2,14,17)(H,16,18). The van der Waals surface area contributed by atoms with Gasteiger partial charge in [-0.25, -0.2) is 4.98 Å². The Labute approximate surface area is 122 Å². The van der Waals surface area contributed by atoms with Gasteiger partial charge < -0.3 is 16.3 Å². The molecule has 4 N–H and O–H groups in total. The van der Waals surface area contributed by atoms with E-state index in [-0.39, 0.29) is 17.7 Å². The summed E-state index contributed by atoms with van der Waals surface area (Å²) >= 11 is 1.57. The summed E-state index contributed by atoms with van der Waals surface area (Å²) in [5, 5.41) is 17.8. The first-order valence-corrected chi connectivity index (χ1v) is 7.64. The smallest absolute Gasteiger partial charge is 0.233 e. The van der Waals surface area contributed by atoms with Crippen LogP contribution >= 0.6 is 11.3 Å². The van der Waals surface area contributed by atoms with Crippen molar-refractivity contribution in [1.29, 1.82) is 0 Å². The van der Waals surface area contributed by atoms with Crippen LogP contribution in [0.25, 0.3) is 0 Å². The second kappa shape index (κ2) is 6.21. The third-order valence-corrected chi connectivity index (χ3v) is 4.94. The number of hydrogen-bond donors (Lipinski definition) is 3. The zero-order valence-electron chi connectivity index (χ0n) is 11.5. The lowest BCUT2D eigenvalue weighted by molar-refractivity contribution is -0.127. The Morgan fingerprint density at radius 3 is 2.90 bits per heavy atom. The van der Waals surface area contributed by atoms with E-state index in [1.54, 1.807) is 17.5 Å². The molecule has 0 aromatic carbocycles. The highest BCUT2D eigenvalue weighted by molar-refractivity contribution is 7.09. The lowest BCUT2D eigenvalue weighted by Crippen LogP contribution is -2.48. The van der Waals surface area contributed by atoms with E-state index >= 15 is 0 Å². The Hall–Kier alpha value is -1.63. The van der Waals surface area contributed by atoms with Gasteiger partial charge in [-0.15, -0.1) is 11.3 Å². The predicted octanol–water partition coefficient (Wildman–Crippen LogP) is 1.67. The van der Waals surface area contributed by atoms with Gasteiger partial charge in [0.05, 0.1) is 5.01 Å². The maximum atomic E-state index is 12.4. The number of rotatable bonds is 5. The fraction of sp³-hybridized carbons (Fsp3) is 0.615. The normalized spacial score (nSPS) is 19.8. The topological polar surface area (TPSA) is 101 Å². The van der Waals surface area contributed by atoms with Crippen molar-refractivity contribution in [3.05, 3.63) is 16.6 Å². The largest absolute Gasteiger partial charge is 0.409 e. The number of hydrogen-bond acceptors (Lipinski definition) is 5. The highest BCUT2D eigenvalue weighted by Gasteiger charge is 2.45. The van der Waals surface area contributed by atoms with Gasteiger partial charge in [0.1, 0.15) is 5.41 Å². The molecular formula is C13H20N4O2S. The summed E-state index contributed by atoms with van der Waals surface area (Å²) in [6.45, 7) is 2.52. The molecule has 6 nitrogen and oxygen atoms in total. The summed E-state index contributed by atoms with van der Waals surface area (Å²) in [5.41, 5.74) is 4.91. The van der Waals surface area contributed by atoms with Crippen LogP contribution in [-0.2, 0) is 4.79 Å². The van der Waals surface area contributed by atoms with E-state index in [0.29, 0.717) is 19.4 Å². The number of amides is 1. The molecule has 1 saturated carbocycles. The number of carbonyl (C=O) groups is 1. The Bertz CT molecular complexity index is 481. The van der Waals surface area contributed by atoms with Crippen molar-refractivity contribution in [2.75, 3.05) is 6.54 Å². The third kappa shape index (κ3) is 2.77. The van der Waals surface area contributed by atoms with E-state index in [1.165, 1.54) is 0 Å². The number of oxime groups is 1. The van der Waals surface area contributed by atoms with Gasteiger partial charge in [-0.1, -0.05) is 24.9 Å². The molecule has 20 heavy (non-hydrogen) atoms. The minimum Gasteiger partial charge on any atom is -0.409 e. The molecule has 1 fully saturated rings. The SMILES string of the molecule is CC(CNC(=O)C1(/C(N)=N/O)CCCC1)c1nccs1. The van der Waals surface area contributed by atoms with E-state index in [0.717, 1.165) is 17.8 Å². The molecule has 1 aromatic heterocycles. The fourth-order valence-electron chi connectivity index (χ4n) is 2.65. The van der Waals surface area contributed by atoms with Crippen LogP contribution in [0.2, 0.25) is 0 Å². The van der Waals surface area contributed by atoms with Crippen LogP contribution in [-0.4, -0.2) is 28.5 Å². The second-order valence-electron chi connectivity index (χ2n) is 5.26. The predicted molar refractivity (Wildman–Crippen MR) is 77.8 cm³/mol. The van der Waals surface area contributed by atoms with Gasteiger partial charge in [-0.3, -0.25) is 4.79 Å². The molecule has 1 unspecified atom stereocenters. The number of carbonyl (C=O) groups excluding carboxylic acids is 1. The highest BCUT2D eigenvalue weighted by atomic mass is 32.1. The van der Waals surface area contributed by atoms with Gasteiger partial charge in [0.2, 0.25) is 5.91 Å². The summed E-state index contributed by atoms with van der Waals surface area (Å²) in [4.78, 5) is 16.7. The Morgan fingerprint density at radius 1 is 1.65 bits per heavy atom. The monoisotopic (exact) mass is 296 g/mol. The second-order valence-corrected chi connectivity index (χ2v) is 6.18. The van der Waals surface area contributed by atoms with E-state index < -0.39 is 5.41 Å². The first-order valence-electron chi connectivity index (χ1n) is 6.76. The van der Waals surface area contributed by atoms with Crippen molar-refractivity contribution in [2.45, 2.75) is 38.5 Å². The fourth-order valence-corrected chi connectivity index (χ4v) is 3.35. The Morgan fingerprint density at radius 2 is 2.35 bits per heavy atom. The first kappa shape index (κ1) is 14.8. The van der Waals surface area contributed by atoms with E-state index in [4.69, 9.17) is 10.9 Å². The molecule has 0 aliphatic heterocycles. The number of aromatic nitrogens is 1. The number of thiazole rings is 1. The summed E-state index contributed by atoms with van der Waals surface area (Å²) in [5.74, 6) is 0.0350. The summed E-state index contributed by atoms with van der Waals surface area (Å²) < 4.78 is 0. The van der Waals surface area contributed by atoms with Crippen LogP contribution in [0.15, 0.2) is 16.7 Å². The molecule has 0 spiro atoms. The molecule has 1 aliphatic carbocycles. The molecule has 1 aromatic rings. The van der Waals surface area contributed by atoms with Crippen LogP contribution in [0.5, 0.6) is 0 Å². The molecule has 110 valence electrons. The maximum absolute atomic E-state index is 12.4. The number of nitrogens with one attached hydrogen (secondary N) is 1. The van der Waals surface area contributed by atoms with E-state index in [1.807, 2.05) is 12.3 Å². The summed E-state index contributed by atoms with van der Waals surface area (Å²) in [7, 11) is 0. The molecule has 1 heterocycles. The van der Waals surface area contributed by atoms with E-state index in [2.05, 4.69) is 15.5 Å². The zero-order chi connectivity index (χ0) is 14.6. The van der Waals surface area contributed by atoms with Crippen LogP contribution in [0.1, 0.15) is 43.5 Å². The van der Waals surface area contributed by atoms with Crippen molar-refractivity contribution in [1.82, 2.24) is 10.3 Å². The highest BCUT2D eigenvalue weighted by Crippen LogP contribution is 2.38. The molecule has 2 rings (SSSR count). The van der Waals surface area contributed by atoms with Crippen LogP contribution < -0.4 is 11.1 Å². The van der Waals surface area contributed by atoms with Gasteiger partial charge in [-0.05, 0) is 12.8 Å². The Kier molecular flexibility index (Phi) is 4.59. The minimum absolute atomic E-state index is 0.0226. The maximum Gasteiger partial charge on any atom is 0.233 e. The number of amidine groups is 1. The van der Waals surface area contributed by atoms with E-state index in [9.17, 15) is 4.79 Å². The molecule has 1 atom stereocenters. The molecule has 0 saturated heterocycles. The first-order chi connectivity index (χ1) is 9.60. The lowest BCUT2D eigenvalue weighted by atomic mass is 9.83. The van der Waals surface area contributed by atoms with Gasteiger partial charge in [0.25, 0.3) is 0 Å². The third-order valence-electron chi connectivity index (χ3n) is 3.93. The quantitative estimate of drug-likeness (QED) is 0.333. The molecule has 1 amide bonds. The van der Waals surface area contributed by atoms with Crippen molar-refractivity contribution in [3.63, 3.8) is 0 Å². The Balaban J connectivity index is 2.00. The van der Waals surface area contributed by atoms with Gasteiger partial charge in [-0.2, -0.15) is 0 Å². The number of nitrogens with zero attached hydrogens (tertiary/aromatic N) is 2. The van der Waals surface area contributed by atoms with Gasteiger partial charge in [0, 0.05) is 24.0 Å². The molecule has 0 radical (unpaired) electrons. The summed E-state index contributed by atoms with van der Waals surface area (Å²) in [6, 6.07) is 0. The zero-order valence-corrected chi connectivity index (χ0v) is 12.3. The van der Waals surface area contributed by atoms with Crippen molar-refractivity contribution < 1.29 is 10.0 Å². The summed E-state index contributed by atoms with van der Waals surface area (Å²) in [6.07, 6.45) is 4.88. The average molecular weight is 296 g/mol. The minimum atomic E-state index is -0.836. The van der Waals surface area contributed by atoms with Crippen molar-refractivity contribution in [2.24, 2.45) is 16.3 Å². The van der Waals surface area contributed by atoms with Crippen molar-refractivity contribution >= 4 is 23.1 Å².